The molecule has 1 amide bonds. The molecule has 26 heavy (non-hydrogen) atoms. The van der Waals surface area contributed by atoms with Gasteiger partial charge in [0.25, 0.3) is 5.91 Å². The number of ether oxygens (including phenoxy) is 1. The molecule has 0 saturated carbocycles. The summed E-state index contributed by atoms with van der Waals surface area (Å²) in [5.41, 5.74) is 3.46. The van der Waals surface area contributed by atoms with E-state index in [0.717, 1.165) is 11.1 Å². The summed E-state index contributed by atoms with van der Waals surface area (Å²) in [6.07, 6.45) is 0. The zero-order chi connectivity index (χ0) is 19.3. The number of nitrogens with one attached hydrogen (secondary N) is 3. The SMILES string of the molecule is CNc1nc(OCC(=O)NC(C)c2ccc(C)cc2)cc(C)c1C(=N)Cl. The van der Waals surface area contributed by atoms with Gasteiger partial charge in [-0.3, -0.25) is 10.2 Å². The second-order valence-electron chi connectivity index (χ2n) is 6.05. The molecular weight excluding hydrogens is 352 g/mol. The maximum Gasteiger partial charge on any atom is 0.258 e. The highest BCUT2D eigenvalue weighted by Crippen LogP contribution is 2.24. The Hall–Kier alpha value is -2.60. The number of aryl methyl sites for hydroxylation is 2. The van der Waals surface area contributed by atoms with Crippen molar-refractivity contribution in [2.75, 3.05) is 19.0 Å². The molecule has 2 rings (SSSR count). The van der Waals surface area contributed by atoms with Gasteiger partial charge in [-0.1, -0.05) is 41.4 Å². The normalized spacial score (nSPS) is 11.6. The number of amides is 1. The van der Waals surface area contributed by atoms with Gasteiger partial charge in [-0.15, -0.1) is 0 Å². The second-order valence-corrected chi connectivity index (χ2v) is 6.43. The zero-order valence-corrected chi connectivity index (χ0v) is 16.1. The summed E-state index contributed by atoms with van der Waals surface area (Å²) in [7, 11) is 1.69. The van der Waals surface area contributed by atoms with Crippen LogP contribution in [-0.4, -0.2) is 29.7 Å². The minimum Gasteiger partial charge on any atom is -0.468 e. The highest BCUT2D eigenvalue weighted by atomic mass is 35.5. The largest absolute Gasteiger partial charge is 0.468 e. The van der Waals surface area contributed by atoms with Gasteiger partial charge in [0.05, 0.1) is 11.6 Å². The van der Waals surface area contributed by atoms with Crippen LogP contribution in [0.4, 0.5) is 5.82 Å². The molecule has 0 spiro atoms. The average molecular weight is 375 g/mol. The maximum absolute atomic E-state index is 12.1. The zero-order valence-electron chi connectivity index (χ0n) is 15.3. The van der Waals surface area contributed by atoms with E-state index in [2.05, 4.69) is 15.6 Å². The quantitative estimate of drug-likeness (QED) is 0.646. The molecule has 0 aliphatic rings. The molecule has 1 unspecified atom stereocenters. The molecule has 0 bridgehead atoms. The molecule has 0 saturated heterocycles. The van der Waals surface area contributed by atoms with Gasteiger partial charge in [-0.2, -0.15) is 4.98 Å². The smallest absolute Gasteiger partial charge is 0.258 e. The van der Waals surface area contributed by atoms with Crippen LogP contribution in [0.5, 0.6) is 5.88 Å². The third kappa shape index (κ3) is 4.95. The summed E-state index contributed by atoms with van der Waals surface area (Å²) in [4.78, 5) is 16.4. The number of carbonyl (C=O) groups excluding carboxylic acids is 1. The van der Waals surface area contributed by atoms with Crippen LogP contribution in [0.2, 0.25) is 0 Å². The monoisotopic (exact) mass is 374 g/mol. The van der Waals surface area contributed by atoms with Crippen molar-refractivity contribution in [3.63, 3.8) is 0 Å². The Bertz CT molecular complexity index is 806. The number of nitrogens with zero attached hydrogens (tertiary/aromatic N) is 1. The van der Waals surface area contributed by atoms with Crippen molar-refractivity contribution < 1.29 is 9.53 Å². The van der Waals surface area contributed by atoms with Crippen LogP contribution in [0.3, 0.4) is 0 Å². The van der Waals surface area contributed by atoms with Crippen molar-refractivity contribution in [1.82, 2.24) is 10.3 Å². The number of carbonyl (C=O) groups is 1. The summed E-state index contributed by atoms with van der Waals surface area (Å²) in [5, 5.41) is 13.3. The fraction of sp³-hybridized carbons (Fsp3) is 0.316. The molecule has 138 valence electrons. The average Bonchev–Trinajstić information content (AvgIpc) is 2.59. The second kappa shape index (κ2) is 8.67. The Morgan fingerprint density at radius 3 is 2.54 bits per heavy atom. The predicted octanol–water partition coefficient (Wildman–Crippen LogP) is 3.56. The molecule has 1 aromatic heterocycles. The maximum atomic E-state index is 12.1. The van der Waals surface area contributed by atoms with Gasteiger partial charge < -0.3 is 15.4 Å². The number of benzene rings is 1. The van der Waals surface area contributed by atoms with Crippen LogP contribution in [0.1, 0.15) is 35.2 Å². The van der Waals surface area contributed by atoms with E-state index in [1.54, 1.807) is 20.0 Å². The van der Waals surface area contributed by atoms with Crippen molar-refractivity contribution in [3.05, 3.63) is 52.6 Å². The van der Waals surface area contributed by atoms with Crippen LogP contribution in [0.15, 0.2) is 30.3 Å². The van der Waals surface area contributed by atoms with Gasteiger partial charge in [0, 0.05) is 13.1 Å². The molecule has 0 aliphatic heterocycles. The van der Waals surface area contributed by atoms with Gasteiger partial charge in [-0.05, 0) is 31.9 Å². The molecular formula is C19H23ClN4O2. The summed E-state index contributed by atoms with van der Waals surface area (Å²) in [6, 6.07) is 9.54. The first-order valence-electron chi connectivity index (χ1n) is 8.24. The van der Waals surface area contributed by atoms with Crippen molar-refractivity contribution in [2.24, 2.45) is 0 Å². The molecule has 0 radical (unpaired) electrons. The fourth-order valence-electron chi connectivity index (χ4n) is 2.54. The number of aromatic nitrogens is 1. The first-order valence-corrected chi connectivity index (χ1v) is 8.62. The number of halogens is 1. The number of pyridine rings is 1. The number of anilines is 1. The van der Waals surface area contributed by atoms with Crippen LogP contribution >= 0.6 is 11.6 Å². The Morgan fingerprint density at radius 2 is 1.96 bits per heavy atom. The molecule has 2 aromatic rings. The number of hydrogen-bond acceptors (Lipinski definition) is 5. The predicted molar refractivity (Wildman–Crippen MR) is 104 cm³/mol. The molecule has 1 atom stereocenters. The lowest BCUT2D eigenvalue weighted by Gasteiger charge is -2.16. The molecule has 6 nitrogen and oxygen atoms in total. The van der Waals surface area contributed by atoms with Crippen LogP contribution < -0.4 is 15.4 Å². The molecule has 0 fully saturated rings. The van der Waals surface area contributed by atoms with E-state index in [1.165, 1.54) is 5.56 Å². The molecule has 1 aromatic carbocycles. The van der Waals surface area contributed by atoms with E-state index in [4.69, 9.17) is 21.7 Å². The van der Waals surface area contributed by atoms with Crippen LogP contribution in [0.25, 0.3) is 0 Å². The molecule has 3 N–H and O–H groups in total. The summed E-state index contributed by atoms with van der Waals surface area (Å²) >= 11 is 5.80. The minimum absolute atomic E-state index is 0.101. The number of rotatable bonds is 7. The van der Waals surface area contributed by atoms with Gasteiger partial charge in [0.1, 0.15) is 11.0 Å². The van der Waals surface area contributed by atoms with Crippen molar-refractivity contribution in [1.29, 1.82) is 5.41 Å². The lowest BCUT2D eigenvalue weighted by atomic mass is 10.1. The molecule has 7 heteroatoms. The standard InChI is InChI=1S/C19H23ClN4O2/c1-11-5-7-14(8-6-11)13(3)23-15(25)10-26-16-9-12(2)17(18(20)21)19(22-4)24-16/h5-9,13,21H,10H2,1-4H3,(H,22,24)(H,23,25). The Labute approximate surface area is 158 Å². The highest BCUT2D eigenvalue weighted by Gasteiger charge is 2.15. The van der Waals surface area contributed by atoms with Crippen LogP contribution in [0, 0.1) is 19.3 Å². The van der Waals surface area contributed by atoms with E-state index in [-0.39, 0.29) is 23.7 Å². The van der Waals surface area contributed by atoms with Crippen LogP contribution in [-0.2, 0) is 4.79 Å². The van der Waals surface area contributed by atoms with Crippen molar-refractivity contribution in [2.45, 2.75) is 26.8 Å². The summed E-state index contributed by atoms with van der Waals surface area (Å²) in [5.74, 6) is 0.498. The first-order chi connectivity index (χ1) is 12.3. The van der Waals surface area contributed by atoms with E-state index in [9.17, 15) is 4.79 Å². The van der Waals surface area contributed by atoms with Gasteiger partial charge in [0.2, 0.25) is 5.88 Å². The first kappa shape index (κ1) is 19.7. The number of hydrogen-bond donors (Lipinski definition) is 3. The van der Waals surface area contributed by atoms with E-state index in [0.29, 0.717) is 17.3 Å². The lowest BCUT2D eigenvalue weighted by molar-refractivity contribution is -0.123. The van der Waals surface area contributed by atoms with Gasteiger partial charge in [-0.25, -0.2) is 0 Å². The lowest BCUT2D eigenvalue weighted by Crippen LogP contribution is -2.31. The summed E-state index contributed by atoms with van der Waals surface area (Å²) in [6.45, 7) is 5.60. The Kier molecular flexibility index (Phi) is 6.58. The Morgan fingerprint density at radius 1 is 1.31 bits per heavy atom. The highest BCUT2D eigenvalue weighted by molar-refractivity contribution is 6.69. The molecule has 1 heterocycles. The Balaban J connectivity index is 1.99. The van der Waals surface area contributed by atoms with Gasteiger partial charge in [0.15, 0.2) is 6.61 Å². The van der Waals surface area contributed by atoms with E-state index in [1.807, 2.05) is 38.1 Å². The van der Waals surface area contributed by atoms with Crippen molar-refractivity contribution in [3.8, 4) is 5.88 Å². The fourth-order valence-corrected chi connectivity index (χ4v) is 2.77. The summed E-state index contributed by atoms with van der Waals surface area (Å²) < 4.78 is 5.51. The minimum atomic E-state index is -0.238. The van der Waals surface area contributed by atoms with E-state index < -0.39 is 0 Å². The van der Waals surface area contributed by atoms with Crippen molar-refractivity contribution >= 4 is 28.5 Å². The molecule has 0 aliphatic carbocycles. The topological polar surface area (TPSA) is 87.1 Å². The van der Waals surface area contributed by atoms with E-state index >= 15 is 0 Å². The third-order valence-corrected chi connectivity index (χ3v) is 4.14. The third-order valence-electron chi connectivity index (χ3n) is 3.96. The van der Waals surface area contributed by atoms with Gasteiger partial charge >= 0.3 is 0 Å².